The minimum absolute atomic E-state index is 0.537. The van der Waals surface area contributed by atoms with Crippen LogP contribution in [-0.4, -0.2) is 17.2 Å². The highest BCUT2D eigenvalue weighted by atomic mass is 16.3. The molecular weight excluding hydrogens is 240 g/mol. The third kappa shape index (κ3) is 3.76. The molecule has 0 radical (unpaired) electrons. The van der Waals surface area contributed by atoms with Gasteiger partial charge in [0.15, 0.2) is 6.10 Å². The maximum Gasteiger partial charge on any atom is 0.273 e. The summed E-state index contributed by atoms with van der Waals surface area (Å²) in [6, 6.07) is 18.1. The van der Waals surface area contributed by atoms with Crippen molar-refractivity contribution in [1.29, 1.82) is 0 Å². The summed E-state index contributed by atoms with van der Waals surface area (Å²) in [5.74, 6) is -0.557. The number of hydrogen-bond acceptors (Lipinski definition) is 3. The largest absolute Gasteiger partial charge is 0.378 e. The van der Waals surface area contributed by atoms with Gasteiger partial charge < -0.3 is 5.11 Å². The van der Waals surface area contributed by atoms with Crippen molar-refractivity contribution >= 4 is 12.1 Å². The van der Waals surface area contributed by atoms with Gasteiger partial charge in [-0.1, -0.05) is 60.7 Å². The van der Waals surface area contributed by atoms with Crippen LogP contribution in [-0.2, 0) is 4.79 Å². The number of hydrazone groups is 1. The summed E-state index contributed by atoms with van der Waals surface area (Å²) in [7, 11) is 0. The van der Waals surface area contributed by atoms with Crippen LogP contribution >= 0.6 is 0 Å². The lowest BCUT2D eigenvalue weighted by molar-refractivity contribution is -0.129. The summed E-state index contributed by atoms with van der Waals surface area (Å²) < 4.78 is 0. The van der Waals surface area contributed by atoms with E-state index < -0.39 is 12.0 Å². The predicted molar refractivity (Wildman–Crippen MR) is 73.6 cm³/mol. The van der Waals surface area contributed by atoms with Crippen LogP contribution in [0.4, 0.5) is 0 Å². The Kier molecular flexibility index (Phi) is 4.42. The van der Waals surface area contributed by atoms with E-state index in [-0.39, 0.29) is 0 Å². The van der Waals surface area contributed by atoms with E-state index in [1.54, 1.807) is 24.3 Å². The van der Waals surface area contributed by atoms with E-state index in [2.05, 4.69) is 10.5 Å². The van der Waals surface area contributed by atoms with Crippen molar-refractivity contribution in [2.24, 2.45) is 5.10 Å². The van der Waals surface area contributed by atoms with Gasteiger partial charge >= 0.3 is 0 Å². The van der Waals surface area contributed by atoms with Gasteiger partial charge in [0, 0.05) is 0 Å². The van der Waals surface area contributed by atoms with Crippen molar-refractivity contribution in [3.63, 3.8) is 0 Å². The lowest BCUT2D eigenvalue weighted by Crippen LogP contribution is -2.25. The number of aliphatic hydroxyl groups excluding tert-OH is 1. The zero-order valence-electron chi connectivity index (χ0n) is 10.2. The average molecular weight is 254 g/mol. The molecule has 19 heavy (non-hydrogen) atoms. The Labute approximate surface area is 111 Å². The first kappa shape index (κ1) is 13.0. The lowest BCUT2D eigenvalue weighted by Gasteiger charge is -2.08. The van der Waals surface area contributed by atoms with E-state index in [1.807, 2.05) is 36.4 Å². The highest BCUT2D eigenvalue weighted by molar-refractivity contribution is 5.84. The molecule has 1 amide bonds. The smallest absolute Gasteiger partial charge is 0.273 e. The predicted octanol–water partition coefficient (Wildman–Crippen LogP) is 1.87. The molecule has 0 aliphatic rings. The van der Waals surface area contributed by atoms with Crippen LogP contribution in [0, 0.1) is 0 Å². The van der Waals surface area contributed by atoms with Gasteiger partial charge in [-0.3, -0.25) is 4.79 Å². The van der Waals surface area contributed by atoms with Crippen molar-refractivity contribution in [2.45, 2.75) is 6.10 Å². The van der Waals surface area contributed by atoms with Gasteiger partial charge in [0.25, 0.3) is 5.91 Å². The first-order chi connectivity index (χ1) is 9.27. The molecule has 4 nitrogen and oxygen atoms in total. The zero-order valence-corrected chi connectivity index (χ0v) is 10.2. The molecule has 0 heterocycles. The summed E-state index contributed by atoms with van der Waals surface area (Å²) in [6.45, 7) is 0. The number of nitrogens with zero attached hydrogens (tertiary/aromatic N) is 1. The van der Waals surface area contributed by atoms with Gasteiger partial charge in [0.05, 0.1) is 6.21 Å². The average Bonchev–Trinajstić information content (AvgIpc) is 2.48. The second-order valence-corrected chi connectivity index (χ2v) is 3.96. The quantitative estimate of drug-likeness (QED) is 0.646. The number of carbonyl (C=O) groups is 1. The normalized spacial score (nSPS) is 12.3. The van der Waals surface area contributed by atoms with Gasteiger partial charge in [0.1, 0.15) is 0 Å². The Bertz CT molecular complexity index is 553. The van der Waals surface area contributed by atoms with E-state index in [0.717, 1.165) is 5.56 Å². The zero-order chi connectivity index (χ0) is 13.5. The van der Waals surface area contributed by atoms with Gasteiger partial charge in [-0.2, -0.15) is 5.10 Å². The molecule has 4 heteroatoms. The Hall–Kier alpha value is -2.46. The van der Waals surface area contributed by atoms with Crippen molar-refractivity contribution in [2.75, 3.05) is 0 Å². The first-order valence-corrected chi connectivity index (χ1v) is 5.88. The van der Waals surface area contributed by atoms with Crippen LogP contribution in [0.25, 0.3) is 0 Å². The fourth-order valence-corrected chi connectivity index (χ4v) is 1.56. The lowest BCUT2D eigenvalue weighted by atomic mass is 10.1. The van der Waals surface area contributed by atoms with E-state index in [1.165, 1.54) is 6.21 Å². The number of carbonyl (C=O) groups excluding carboxylic acids is 1. The van der Waals surface area contributed by atoms with Gasteiger partial charge in [-0.05, 0) is 11.1 Å². The molecule has 0 aromatic heterocycles. The number of rotatable bonds is 4. The third-order valence-corrected chi connectivity index (χ3v) is 2.55. The highest BCUT2D eigenvalue weighted by Crippen LogP contribution is 2.11. The van der Waals surface area contributed by atoms with Gasteiger partial charge in [-0.25, -0.2) is 5.43 Å². The van der Waals surface area contributed by atoms with Crippen LogP contribution < -0.4 is 5.43 Å². The minimum atomic E-state index is -1.21. The summed E-state index contributed by atoms with van der Waals surface area (Å²) >= 11 is 0. The first-order valence-electron chi connectivity index (χ1n) is 5.88. The molecule has 0 spiro atoms. The Morgan fingerprint density at radius 2 is 1.63 bits per heavy atom. The topological polar surface area (TPSA) is 61.7 Å². The van der Waals surface area contributed by atoms with Crippen molar-refractivity contribution in [3.8, 4) is 0 Å². The second-order valence-electron chi connectivity index (χ2n) is 3.96. The SMILES string of the molecule is O=C(N/N=C\c1ccccc1)[C@@H](O)c1ccccc1. The summed E-state index contributed by atoms with van der Waals surface area (Å²) in [4.78, 5) is 11.7. The van der Waals surface area contributed by atoms with E-state index in [4.69, 9.17) is 0 Å². The summed E-state index contributed by atoms with van der Waals surface area (Å²) in [5.41, 5.74) is 3.72. The molecule has 0 aliphatic carbocycles. The van der Waals surface area contributed by atoms with Crippen LogP contribution in [0.5, 0.6) is 0 Å². The van der Waals surface area contributed by atoms with Crippen LogP contribution in [0.15, 0.2) is 65.8 Å². The molecule has 2 aromatic rings. The monoisotopic (exact) mass is 254 g/mol. The molecule has 0 saturated heterocycles. The number of nitrogens with one attached hydrogen (secondary N) is 1. The van der Waals surface area contributed by atoms with E-state index in [9.17, 15) is 9.90 Å². The third-order valence-electron chi connectivity index (χ3n) is 2.55. The molecule has 96 valence electrons. The summed E-state index contributed by atoms with van der Waals surface area (Å²) in [6.07, 6.45) is 0.310. The van der Waals surface area contributed by atoms with Crippen LogP contribution in [0.2, 0.25) is 0 Å². The summed E-state index contributed by atoms with van der Waals surface area (Å²) in [5, 5.41) is 13.6. The standard InChI is InChI=1S/C15H14N2O2/c18-14(13-9-5-2-6-10-13)15(19)17-16-11-12-7-3-1-4-8-12/h1-11,14,18H,(H,17,19)/b16-11-/t14-/m0/s1. The number of amides is 1. The van der Waals surface area contributed by atoms with Crippen LogP contribution in [0.3, 0.4) is 0 Å². The number of benzene rings is 2. The molecule has 0 unspecified atom stereocenters. The fraction of sp³-hybridized carbons (Fsp3) is 0.0667. The second kappa shape index (κ2) is 6.47. The van der Waals surface area contributed by atoms with E-state index in [0.29, 0.717) is 5.56 Å². The Balaban J connectivity index is 1.93. The van der Waals surface area contributed by atoms with Crippen molar-refractivity contribution in [3.05, 3.63) is 71.8 Å². The molecule has 0 saturated carbocycles. The molecule has 0 aliphatic heterocycles. The Morgan fingerprint density at radius 3 is 2.26 bits per heavy atom. The maximum atomic E-state index is 11.7. The number of hydrogen-bond donors (Lipinski definition) is 2. The molecule has 0 fully saturated rings. The molecular formula is C15H14N2O2. The van der Waals surface area contributed by atoms with Crippen LogP contribution in [0.1, 0.15) is 17.2 Å². The van der Waals surface area contributed by atoms with Crippen molar-refractivity contribution in [1.82, 2.24) is 5.43 Å². The van der Waals surface area contributed by atoms with Crippen molar-refractivity contribution < 1.29 is 9.90 Å². The highest BCUT2D eigenvalue weighted by Gasteiger charge is 2.15. The molecule has 1 atom stereocenters. The Morgan fingerprint density at radius 1 is 1.05 bits per heavy atom. The fourth-order valence-electron chi connectivity index (χ4n) is 1.56. The molecule has 2 rings (SSSR count). The maximum absolute atomic E-state index is 11.7. The minimum Gasteiger partial charge on any atom is -0.378 e. The number of aliphatic hydroxyl groups is 1. The molecule has 0 bridgehead atoms. The molecule has 2 N–H and O–H groups in total. The van der Waals surface area contributed by atoms with Gasteiger partial charge in [0.2, 0.25) is 0 Å². The molecule has 2 aromatic carbocycles. The van der Waals surface area contributed by atoms with Gasteiger partial charge in [-0.15, -0.1) is 0 Å². The van der Waals surface area contributed by atoms with E-state index >= 15 is 0 Å².